The van der Waals surface area contributed by atoms with Gasteiger partial charge in [-0.25, -0.2) is 4.90 Å². The molecule has 1 N–H and O–H groups in total. The molecule has 1 atom stereocenters. The minimum absolute atomic E-state index is 0.993. The van der Waals surface area contributed by atoms with Crippen LogP contribution in [-0.4, -0.2) is 24.5 Å². The molecule has 11 heavy (non-hydrogen) atoms. The Balaban J connectivity index is 2.34. The summed E-state index contributed by atoms with van der Waals surface area (Å²) in [7, 11) is 2.08. The van der Waals surface area contributed by atoms with Crippen LogP contribution >= 0.6 is 0 Å². The van der Waals surface area contributed by atoms with Crippen molar-refractivity contribution in [2.24, 2.45) is 4.99 Å². The highest BCUT2D eigenvalue weighted by atomic mass is 15.3. The Morgan fingerprint density at radius 2 is 2.45 bits per heavy atom. The molecule has 0 fully saturated rings. The highest BCUT2D eigenvalue weighted by Gasteiger charge is 2.25. The van der Waals surface area contributed by atoms with Gasteiger partial charge in [0.2, 0.25) is 5.84 Å². The predicted octanol–water partition coefficient (Wildman–Crippen LogP) is -0.439. The molecule has 0 bridgehead atoms. The maximum atomic E-state index is 4.28. The van der Waals surface area contributed by atoms with Gasteiger partial charge in [0, 0.05) is 18.8 Å². The number of quaternary nitrogens is 1. The molecule has 0 aromatic heterocycles. The topological polar surface area (TPSA) is 20.0 Å². The fourth-order valence-electron chi connectivity index (χ4n) is 1.55. The summed E-state index contributed by atoms with van der Waals surface area (Å²) in [5.41, 5.74) is 1.26. The third-order valence-corrected chi connectivity index (χ3v) is 1.99. The van der Waals surface area contributed by atoms with Crippen LogP contribution < -0.4 is 4.90 Å². The standard InChI is InChI=1S/C8H11N3/c1-7-5-10(2)6-11-4-3-9-8(7)11/h3-5H,6H2,1-2H3/p+1. The summed E-state index contributed by atoms with van der Waals surface area (Å²) >= 11 is 0. The van der Waals surface area contributed by atoms with E-state index in [2.05, 4.69) is 36.3 Å². The molecule has 0 aliphatic carbocycles. The highest BCUT2D eigenvalue weighted by Crippen LogP contribution is 2.01. The number of amidine groups is 1. The lowest BCUT2D eigenvalue weighted by molar-refractivity contribution is -0.757. The van der Waals surface area contributed by atoms with E-state index in [0.717, 1.165) is 6.67 Å². The van der Waals surface area contributed by atoms with Crippen LogP contribution in [0.4, 0.5) is 0 Å². The van der Waals surface area contributed by atoms with Gasteiger partial charge < -0.3 is 4.90 Å². The molecule has 2 aliphatic rings. The van der Waals surface area contributed by atoms with Crippen molar-refractivity contribution in [3.05, 3.63) is 24.2 Å². The van der Waals surface area contributed by atoms with Crippen LogP contribution in [0.3, 0.4) is 0 Å². The maximum Gasteiger partial charge on any atom is 0.236 e. The van der Waals surface area contributed by atoms with Crippen molar-refractivity contribution in [1.82, 2.24) is 4.90 Å². The van der Waals surface area contributed by atoms with Crippen LogP contribution in [-0.2, 0) is 0 Å². The molecule has 0 saturated carbocycles. The maximum absolute atomic E-state index is 4.28. The molecule has 0 aromatic rings. The lowest BCUT2D eigenvalue weighted by atomic mass is 10.2. The summed E-state index contributed by atoms with van der Waals surface area (Å²) < 4.78 is 0. The van der Waals surface area contributed by atoms with Gasteiger partial charge in [-0.2, -0.15) is 4.99 Å². The van der Waals surface area contributed by atoms with E-state index in [0.29, 0.717) is 0 Å². The Bertz CT molecular complexity index is 263. The molecular weight excluding hydrogens is 138 g/mol. The van der Waals surface area contributed by atoms with Crippen molar-refractivity contribution in [2.45, 2.75) is 6.92 Å². The number of nitrogens with one attached hydrogen (secondary N) is 1. The van der Waals surface area contributed by atoms with E-state index in [1.54, 1.807) is 0 Å². The second-order valence-electron chi connectivity index (χ2n) is 3.05. The Morgan fingerprint density at radius 3 is 3.27 bits per heavy atom. The van der Waals surface area contributed by atoms with E-state index < -0.39 is 0 Å². The van der Waals surface area contributed by atoms with Crippen LogP contribution in [0.5, 0.6) is 0 Å². The Morgan fingerprint density at radius 1 is 1.64 bits per heavy atom. The van der Waals surface area contributed by atoms with Gasteiger partial charge in [0.05, 0.1) is 6.20 Å². The molecular formula is C8H12N3+. The fraction of sp³-hybridized carbons (Fsp3) is 0.375. The largest absolute Gasteiger partial charge is 0.334 e. The summed E-state index contributed by atoms with van der Waals surface area (Å²) in [6.07, 6.45) is 6.10. The zero-order chi connectivity index (χ0) is 7.84. The smallest absolute Gasteiger partial charge is 0.236 e. The first-order chi connectivity index (χ1) is 5.27. The van der Waals surface area contributed by atoms with E-state index in [9.17, 15) is 0 Å². The molecule has 3 heteroatoms. The van der Waals surface area contributed by atoms with Crippen LogP contribution in [0, 0.1) is 0 Å². The average molecular weight is 150 g/mol. The van der Waals surface area contributed by atoms with E-state index in [1.165, 1.54) is 16.3 Å². The lowest BCUT2D eigenvalue weighted by Crippen LogP contribution is -3.11. The molecule has 0 amide bonds. The summed E-state index contributed by atoms with van der Waals surface area (Å²) in [6.45, 7) is 3.09. The first kappa shape index (κ1) is 6.61. The van der Waals surface area contributed by atoms with Crippen LogP contribution in [0.2, 0.25) is 0 Å². The van der Waals surface area contributed by atoms with E-state index in [-0.39, 0.29) is 0 Å². The zero-order valence-corrected chi connectivity index (χ0v) is 6.83. The van der Waals surface area contributed by atoms with Gasteiger partial charge in [0.1, 0.15) is 6.20 Å². The SMILES string of the molecule is CC1=CN(C)C[NH+]2C=CN=C12. The summed E-state index contributed by atoms with van der Waals surface area (Å²) in [6, 6.07) is 0. The second-order valence-corrected chi connectivity index (χ2v) is 3.05. The quantitative estimate of drug-likeness (QED) is 0.496. The molecule has 2 heterocycles. The Labute approximate surface area is 66.3 Å². The van der Waals surface area contributed by atoms with Gasteiger partial charge in [-0.3, -0.25) is 0 Å². The number of nitrogens with zero attached hydrogens (tertiary/aromatic N) is 2. The van der Waals surface area contributed by atoms with Crippen LogP contribution in [0.15, 0.2) is 29.2 Å². The van der Waals surface area contributed by atoms with E-state index >= 15 is 0 Å². The minimum atomic E-state index is 0.993. The first-order valence-electron chi connectivity index (χ1n) is 3.77. The van der Waals surface area contributed by atoms with Crippen molar-refractivity contribution in [3.63, 3.8) is 0 Å². The molecule has 0 radical (unpaired) electrons. The molecule has 58 valence electrons. The average Bonchev–Trinajstić information content (AvgIpc) is 2.34. The normalized spacial score (nSPS) is 28.2. The predicted molar refractivity (Wildman–Crippen MR) is 43.9 cm³/mol. The van der Waals surface area contributed by atoms with E-state index in [4.69, 9.17) is 0 Å². The van der Waals surface area contributed by atoms with Gasteiger partial charge in [0.15, 0.2) is 6.67 Å². The van der Waals surface area contributed by atoms with Crippen LogP contribution in [0.1, 0.15) is 6.92 Å². The molecule has 0 spiro atoms. The first-order valence-corrected chi connectivity index (χ1v) is 3.77. The number of fused-ring (bicyclic) bond motifs is 1. The molecule has 0 saturated heterocycles. The van der Waals surface area contributed by atoms with Gasteiger partial charge in [-0.15, -0.1) is 0 Å². The monoisotopic (exact) mass is 150 g/mol. The van der Waals surface area contributed by atoms with Gasteiger partial charge >= 0.3 is 0 Å². The molecule has 3 nitrogen and oxygen atoms in total. The molecule has 1 unspecified atom stereocenters. The van der Waals surface area contributed by atoms with Crippen molar-refractivity contribution in [2.75, 3.05) is 13.7 Å². The second kappa shape index (κ2) is 2.20. The van der Waals surface area contributed by atoms with Gasteiger partial charge in [-0.1, -0.05) is 0 Å². The van der Waals surface area contributed by atoms with Crippen molar-refractivity contribution < 1.29 is 4.90 Å². The highest BCUT2D eigenvalue weighted by molar-refractivity contribution is 5.92. The number of hydrogen-bond acceptors (Lipinski definition) is 2. The Hall–Kier alpha value is -1.09. The third-order valence-electron chi connectivity index (χ3n) is 1.99. The van der Waals surface area contributed by atoms with Gasteiger partial charge in [-0.05, 0) is 6.92 Å². The summed E-state index contributed by atoms with van der Waals surface area (Å²) in [5, 5.41) is 0. The summed E-state index contributed by atoms with van der Waals surface area (Å²) in [5.74, 6) is 1.17. The number of rotatable bonds is 0. The van der Waals surface area contributed by atoms with Crippen molar-refractivity contribution in [1.29, 1.82) is 0 Å². The minimum Gasteiger partial charge on any atom is -0.334 e. The molecule has 2 aliphatic heterocycles. The molecule has 2 rings (SSSR count). The van der Waals surface area contributed by atoms with Gasteiger partial charge in [0.25, 0.3) is 0 Å². The van der Waals surface area contributed by atoms with Crippen LogP contribution in [0.25, 0.3) is 0 Å². The third kappa shape index (κ3) is 0.973. The fourth-order valence-corrected chi connectivity index (χ4v) is 1.55. The summed E-state index contributed by atoms with van der Waals surface area (Å²) in [4.78, 5) is 7.80. The Kier molecular flexibility index (Phi) is 1.32. The number of hydrogen-bond donors (Lipinski definition) is 1. The number of aliphatic imine (C=N–C) groups is 1. The van der Waals surface area contributed by atoms with E-state index in [1.807, 2.05) is 6.20 Å². The molecule has 0 aromatic carbocycles. The van der Waals surface area contributed by atoms with Crippen molar-refractivity contribution >= 4 is 5.84 Å². The zero-order valence-electron chi connectivity index (χ0n) is 6.83. The lowest BCUT2D eigenvalue weighted by Gasteiger charge is -2.24. The van der Waals surface area contributed by atoms with Crippen molar-refractivity contribution in [3.8, 4) is 0 Å².